The predicted octanol–water partition coefficient (Wildman–Crippen LogP) is 4.01. The molecule has 18 heavy (non-hydrogen) atoms. The van der Waals surface area contributed by atoms with Crippen LogP contribution in [0, 0.1) is 18.6 Å². The van der Waals surface area contributed by atoms with Gasteiger partial charge in [0.25, 0.3) is 0 Å². The van der Waals surface area contributed by atoms with Gasteiger partial charge in [0, 0.05) is 10.7 Å². The molecule has 0 aliphatic rings. The van der Waals surface area contributed by atoms with Gasteiger partial charge in [-0.25, -0.2) is 4.39 Å². The minimum atomic E-state index is -0.994. The van der Waals surface area contributed by atoms with Crippen LogP contribution in [-0.4, -0.2) is 4.98 Å². The fourth-order valence-corrected chi connectivity index (χ4v) is 1.86. The first kappa shape index (κ1) is 13.0. The summed E-state index contributed by atoms with van der Waals surface area (Å²) in [6.07, 6.45) is 1.63. The van der Waals surface area contributed by atoms with Crippen molar-refractivity contribution in [2.45, 2.75) is 13.5 Å². The maximum absolute atomic E-state index is 13.4. The Morgan fingerprint density at radius 1 is 1.33 bits per heavy atom. The average Bonchev–Trinajstić information content (AvgIpc) is 2.33. The van der Waals surface area contributed by atoms with E-state index >= 15 is 0 Å². The van der Waals surface area contributed by atoms with Gasteiger partial charge >= 0.3 is 0 Å². The summed E-state index contributed by atoms with van der Waals surface area (Å²) < 4.78 is 32.3. The second-order valence-corrected chi connectivity index (χ2v) is 4.67. The molecule has 1 heterocycles. The Kier molecular flexibility index (Phi) is 3.91. The highest BCUT2D eigenvalue weighted by Crippen LogP contribution is 2.26. The third-order valence-electron chi connectivity index (χ3n) is 2.44. The van der Waals surface area contributed by atoms with Gasteiger partial charge in [0.2, 0.25) is 5.82 Å². The fourth-order valence-electron chi connectivity index (χ4n) is 1.45. The van der Waals surface area contributed by atoms with Crippen molar-refractivity contribution >= 4 is 15.9 Å². The Morgan fingerprint density at radius 3 is 2.83 bits per heavy atom. The zero-order chi connectivity index (χ0) is 13.1. The highest BCUT2D eigenvalue weighted by molar-refractivity contribution is 9.10. The molecule has 0 atom stereocenters. The van der Waals surface area contributed by atoms with Crippen LogP contribution in [0.15, 0.2) is 34.9 Å². The summed E-state index contributed by atoms with van der Waals surface area (Å²) in [6.45, 7) is 1.98. The SMILES string of the molecule is Cc1cccnc1COc1cc(Br)cc(F)c1F. The van der Waals surface area contributed by atoms with Gasteiger partial charge in [-0.15, -0.1) is 0 Å². The molecule has 0 amide bonds. The van der Waals surface area contributed by atoms with Gasteiger partial charge in [0.1, 0.15) is 6.61 Å². The van der Waals surface area contributed by atoms with E-state index in [1.54, 1.807) is 12.3 Å². The molecule has 5 heteroatoms. The number of hydrogen-bond acceptors (Lipinski definition) is 2. The zero-order valence-corrected chi connectivity index (χ0v) is 11.2. The standard InChI is InChI=1S/C13H10BrF2NO/c1-8-3-2-4-17-11(8)7-18-12-6-9(14)5-10(15)13(12)16/h2-6H,7H2,1H3. The average molecular weight is 314 g/mol. The first-order valence-electron chi connectivity index (χ1n) is 5.26. The quantitative estimate of drug-likeness (QED) is 0.799. The smallest absolute Gasteiger partial charge is 0.200 e. The van der Waals surface area contributed by atoms with Crippen molar-refractivity contribution in [3.8, 4) is 5.75 Å². The van der Waals surface area contributed by atoms with Gasteiger partial charge in [-0.2, -0.15) is 4.39 Å². The fraction of sp³-hybridized carbons (Fsp3) is 0.154. The van der Waals surface area contributed by atoms with Crippen molar-refractivity contribution in [3.05, 3.63) is 57.8 Å². The Hall–Kier alpha value is -1.49. The Labute approximate surface area is 112 Å². The van der Waals surface area contributed by atoms with Gasteiger partial charge in [0.05, 0.1) is 5.69 Å². The Balaban J connectivity index is 2.18. The lowest BCUT2D eigenvalue weighted by Crippen LogP contribution is -2.02. The van der Waals surface area contributed by atoms with E-state index in [1.165, 1.54) is 6.07 Å². The highest BCUT2D eigenvalue weighted by atomic mass is 79.9. The Morgan fingerprint density at radius 2 is 2.11 bits per heavy atom. The molecule has 94 valence electrons. The summed E-state index contributed by atoms with van der Waals surface area (Å²) >= 11 is 3.09. The summed E-state index contributed by atoms with van der Waals surface area (Å²) in [4.78, 5) is 4.11. The molecule has 0 aliphatic carbocycles. The van der Waals surface area contributed by atoms with Crippen LogP contribution in [-0.2, 0) is 6.61 Å². The van der Waals surface area contributed by atoms with E-state index in [9.17, 15) is 8.78 Å². The molecule has 0 spiro atoms. The molecule has 1 aromatic heterocycles. The number of rotatable bonds is 3. The first-order valence-corrected chi connectivity index (χ1v) is 6.05. The minimum absolute atomic E-state index is 0.0967. The molecular weight excluding hydrogens is 304 g/mol. The van der Waals surface area contributed by atoms with Crippen molar-refractivity contribution in [2.75, 3.05) is 0 Å². The molecule has 0 saturated carbocycles. The molecule has 0 fully saturated rings. The summed E-state index contributed by atoms with van der Waals surface area (Å²) in [7, 11) is 0. The predicted molar refractivity (Wildman–Crippen MR) is 67.4 cm³/mol. The lowest BCUT2D eigenvalue weighted by atomic mass is 10.2. The Bertz CT molecular complexity index is 575. The molecule has 0 bridgehead atoms. The van der Waals surface area contributed by atoms with Gasteiger partial charge in [-0.1, -0.05) is 22.0 Å². The van der Waals surface area contributed by atoms with Crippen molar-refractivity contribution in [2.24, 2.45) is 0 Å². The van der Waals surface area contributed by atoms with Gasteiger partial charge in [-0.3, -0.25) is 4.98 Å². The molecule has 2 aromatic rings. The van der Waals surface area contributed by atoms with Crippen molar-refractivity contribution in [3.63, 3.8) is 0 Å². The second-order valence-electron chi connectivity index (χ2n) is 3.76. The highest BCUT2D eigenvalue weighted by Gasteiger charge is 2.12. The largest absolute Gasteiger partial charge is 0.484 e. The molecule has 2 rings (SSSR count). The molecule has 0 unspecified atom stereocenters. The maximum atomic E-state index is 13.4. The van der Waals surface area contributed by atoms with Crippen LogP contribution in [0.5, 0.6) is 5.75 Å². The van der Waals surface area contributed by atoms with Crippen LogP contribution >= 0.6 is 15.9 Å². The van der Waals surface area contributed by atoms with E-state index in [4.69, 9.17) is 4.74 Å². The number of benzene rings is 1. The normalized spacial score (nSPS) is 10.4. The molecule has 0 saturated heterocycles. The molecule has 2 nitrogen and oxygen atoms in total. The monoisotopic (exact) mass is 313 g/mol. The number of aromatic nitrogens is 1. The zero-order valence-electron chi connectivity index (χ0n) is 9.58. The number of aryl methyl sites for hydroxylation is 1. The van der Waals surface area contributed by atoms with E-state index in [-0.39, 0.29) is 12.4 Å². The van der Waals surface area contributed by atoms with Crippen LogP contribution in [0.1, 0.15) is 11.3 Å². The summed E-state index contributed by atoms with van der Waals surface area (Å²) in [5.41, 5.74) is 1.63. The minimum Gasteiger partial charge on any atom is -0.484 e. The van der Waals surface area contributed by atoms with Crippen molar-refractivity contribution < 1.29 is 13.5 Å². The molecule has 0 aliphatic heterocycles. The van der Waals surface area contributed by atoms with Crippen LogP contribution < -0.4 is 4.74 Å². The number of pyridine rings is 1. The van der Waals surface area contributed by atoms with E-state index < -0.39 is 11.6 Å². The van der Waals surface area contributed by atoms with Crippen LogP contribution in [0.3, 0.4) is 0 Å². The van der Waals surface area contributed by atoms with Crippen LogP contribution in [0.2, 0.25) is 0 Å². The second kappa shape index (κ2) is 5.44. The number of ether oxygens (including phenoxy) is 1. The number of halogens is 3. The maximum Gasteiger partial charge on any atom is 0.200 e. The van der Waals surface area contributed by atoms with Crippen LogP contribution in [0.25, 0.3) is 0 Å². The van der Waals surface area contributed by atoms with E-state index in [1.807, 2.05) is 13.0 Å². The third kappa shape index (κ3) is 2.85. The molecular formula is C13H10BrF2NO. The summed E-state index contributed by atoms with van der Waals surface area (Å²) in [6, 6.07) is 6.12. The van der Waals surface area contributed by atoms with Gasteiger partial charge in [-0.05, 0) is 30.7 Å². The van der Waals surface area contributed by atoms with E-state index in [0.717, 1.165) is 11.6 Å². The number of nitrogens with zero attached hydrogens (tertiary/aromatic N) is 1. The van der Waals surface area contributed by atoms with Crippen LogP contribution in [0.4, 0.5) is 8.78 Å². The van der Waals surface area contributed by atoms with Crippen molar-refractivity contribution in [1.82, 2.24) is 4.98 Å². The molecule has 0 N–H and O–H groups in total. The topological polar surface area (TPSA) is 22.1 Å². The molecule has 0 radical (unpaired) electrons. The first-order chi connectivity index (χ1) is 8.58. The summed E-state index contributed by atoms with van der Waals surface area (Å²) in [5.74, 6) is -2.07. The number of hydrogen-bond donors (Lipinski definition) is 0. The van der Waals surface area contributed by atoms with E-state index in [2.05, 4.69) is 20.9 Å². The van der Waals surface area contributed by atoms with E-state index in [0.29, 0.717) is 10.2 Å². The van der Waals surface area contributed by atoms with Crippen molar-refractivity contribution in [1.29, 1.82) is 0 Å². The molecule has 1 aromatic carbocycles. The lowest BCUT2D eigenvalue weighted by Gasteiger charge is -2.09. The third-order valence-corrected chi connectivity index (χ3v) is 2.90. The van der Waals surface area contributed by atoms with Gasteiger partial charge in [0.15, 0.2) is 11.6 Å². The lowest BCUT2D eigenvalue weighted by molar-refractivity contribution is 0.279. The summed E-state index contributed by atoms with van der Waals surface area (Å²) in [5, 5.41) is 0. The van der Waals surface area contributed by atoms with Gasteiger partial charge < -0.3 is 4.74 Å².